The molecule has 1 aliphatic rings. The average molecular weight is 296 g/mol. The Morgan fingerprint density at radius 2 is 2.40 bits per heavy atom. The van der Waals surface area contributed by atoms with E-state index in [2.05, 4.69) is 10.6 Å². The van der Waals surface area contributed by atoms with E-state index in [-0.39, 0.29) is 6.03 Å². The first-order valence-corrected chi connectivity index (χ1v) is 7.59. The Morgan fingerprint density at radius 1 is 1.55 bits per heavy atom. The summed E-state index contributed by atoms with van der Waals surface area (Å²) >= 11 is 5.92. The molecule has 1 saturated heterocycles. The van der Waals surface area contributed by atoms with E-state index in [4.69, 9.17) is 11.6 Å². The second-order valence-corrected chi connectivity index (χ2v) is 5.63. The minimum absolute atomic E-state index is 0.0552. The minimum Gasteiger partial charge on any atom is -0.324 e. The molecule has 2 amide bonds. The summed E-state index contributed by atoms with van der Waals surface area (Å²) in [4.78, 5) is 14.1. The number of rotatable bonds is 4. The lowest BCUT2D eigenvalue weighted by Gasteiger charge is -2.29. The van der Waals surface area contributed by atoms with Crippen LogP contribution in [0.15, 0.2) is 24.3 Å². The summed E-state index contributed by atoms with van der Waals surface area (Å²) in [5.74, 6) is 0.550. The summed E-state index contributed by atoms with van der Waals surface area (Å²) in [6.45, 7) is 5.62. The van der Waals surface area contributed by atoms with Crippen molar-refractivity contribution in [3.8, 4) is 0 Å². The fraction of sp³-hybridized carbons (Fsp3) is 0.533. The number of carbonyl (C=O) groups excluding carboxylic acids is 1. The van der Waals surface area contributed by atoms with Gasteiger partial charge in [-0.1, -0.05) is 17.7 Å². The quantitative estimate of drug-likeness (QED) is 0.896. The second kappa shape index (κ2) is 7.50. The van der Waals surface area contributed by atoms with Gasteiger partial charge in [0.15, 0.2) is 0 Å². The molecule has 1 unspecified atom stereocenters. The fourth-order valence-corrected chi connectivity index (χ4v) is 2.71. The minimum atomic E-state index is -0.0552. The van der Waals surface area contributed by atoms with Crippen LogP contribution in [0.4, 0.5) is 10.5 Å². The molecule has 1 fully saturated rings. The summed E-state index contributed by atoms with van der Waals surface area (Å²) in [6.07, 6.45) is 2.38. The number of carbonyl (C=O) groups is 1. The lowest BCUT2D eigenvalue weighted by atomic mass is 9.99. The van der Waals surface area contributed by atoms with E-state index in [1.165, 1.54) is 12.8 Å². The van der Waals surface area contributed by atoms with Crippen LogP contribution in [-0.4, -0.2) is 37.1 Å². The van der Waals surface area contributed by atoms with Crippen molar-refractivity contribution in [3.05, 3.63) is 29.3 Å². The predicted molar refractivity (Wildman–Crippen MR) is 83.3 cm³/mol. The third-order valence-electron chi connectivity index (χ3n) is 3.62. The summed E-state index contributed by atoms with van der Waals surface area (Å²) in [5, 5.41) is 6.92. The number of benzene rings is 1. The zero-order valence-corrected chi connectivity index (χ0v) is 12.6. The number of urea groups is 1. The first-order valence-electron chi connectivity index (χ1n) is 7.21. The Labute approximate surface area is 125 Å². The smallest absolute Gasteiger partial charge is 0.321 e. The Kier molecular flexibility index (Phi) is 5.68. The summed E-state index contributed by atoms with van der Waals surface area (Å²) in [5.41, 5.74) is 0.739. The molecular formula is C15H22ClN3O. The van der Waals surface area contributed by atoms with Gasteiger partial charge in [0.25, 0.3) is 0 Å². The highest BCUT2D eigenvalue weighted by Crippen LogP contribution is 2.16. The van der Waals surface area contributed by atoms with Crippen LogP contribution < -0.4 is 10.6 Å². The van der Waals surface area contributed by atoms with Gasteiger partial charge in [0, 0.05) is 23.8 Å². The van der Waals surface area contributed by atoms with E-state index < -0.39 is 0 Å². The lowest BCUT2D eigenvalue weighted by Crippen LogP contribution is -2.42. The van der Waals surface area contributed by atoms with Crippen LogP contribution in [0.3, 0.4) is 0 Å². The molecule has 0 radical (unpaired) electrons. The zero-order chi connectivity index (χ0) is 14.4. The molecule has 5 heteroatoms. The molecule has 0 bridgehead atoms. The van der Waals surface area contributed by atoms with E-state index in [0.717, 1.165) is 25.3 Å². The maximum Gasteiger partial charge on any atom is 0.321 e. The topological polar surface area (TPSA) is 44.4 Å². The summed E-state index contributed by atoms with van der Waals surface area (Å²) < 4.78 is 0. The number of piperidine rings is 1. The normalized spacial score (nSPS) is 18.6. The molecule has 110 valence electrons. The van der Waals surface area contributed by atoms with Crippen molar-refractivity contribution in [1.82, 2.24) is 10.2 Å². The molecule has 2 N–H and O–H groups in total. The third-order valence-corrected chi connectivity index (χ3v) is 3.86. The van der Waals surface area contributed by atoms with Gasteiger partial charge in [-0.15, -0.1) is 0 Å². The average Bonchev–Trinajstić information content (AvgIpc) is 2.45. The molecule has 0 saturated carbocycles. The van der Waals surface area contributed by atoms with Crippen molar-refractivity contribution >= 4 is 23.3 Å². The third kappa shape index (κ3) is 4.39. The first-order chi connectivity index (χ1) is 9.69. The van der Waals surface area contributed by atoms with Gasteiger partial charge >= 0.3 is 6.03 Å². The highest BCUT2D eigenvalue weighted by molar-refractivity contribution is 6.30. The number of halogens is 1. The summed E-state index contributed by atoms with van der Waals surface area (Å²) in [6, 6.07) is 7.18. The van der Waals surface area contributed by atoms with Gasteiger partial charge in [-0.25, -0.2) is 4.79 Å². The van der Waals surface area contributed by atoms with Crippen LogP contribution >= 0.6 is 11.6 Å². The Bertz CT molecular complexity index is 446. The predicted octanol–water partition coefficient (Wildman–Crippen LogP) is 3.19. The maximum absolute atomic E-state index is 12.3. The molecule has 1 aromatic carbocycles. The van der Waals surface area contributed by atoms with E-state index in [1.54, 1.807) is 12.1 Å². The van der Waals surface area contributed by atoms with Crippen molar-refractivity contribution in [2.45, 2.75) is 19.8 Å². The number of nitrogens with zero attached hydrogens (tertiary/aromatic N) is 1. The van der Waals surface area contributed by atoms with Crippen LogP contribution in [0.1, 0.15) is 19.8 Å². The molecule has 0 spiro atoms. The highest BCUT2D eigenvalue weighted by atomic mass is 35.5. The van der Waals surface area contributed by atoms with Crippen molar-refractivity contribution in [2.75, 3.05) is 31.5 Å². The van der Waals surface area contributed by atoms with Crippen molar-refractivity contribution in [2.24, 2.45) is 5.92 Å². The van der Waals surface area contributed by atoms with Gasteiger partial charge in [-0.05, 0) is 57.0 Å². The van der Waals surface area contributed by atoms with Gasteiger partial charge in [0.1, 0.15) is 0 Å². The summed E-state index contributed by atoms with van der Waals surface area (Å²) in [7, 11) is 0. The molecular weight excluding hydrogens is 274 g/mol. The van der Waals surface area contributed by atoms with Crippen LogP contribution in [0.2, 0.25) is 5.02 Å². The van der Waals surface area contributed by atoms with E-state index in [1.807, 2.05) is 24.0 Å². The van der Waals surface area contributed by atoms with Crippen molar-refractivity contribution in [3.63, 3.8) is 0 Å². The standard InChI is InChI=1S/C15H22ClN3O/c1-2-19(11-12-5-4-8-17-10-12)15(20)18-14-7-3-6-13(16)9-14/h3,6-7,9,12,17H,2,4-5,8,10-11H2,1H3,(H,18,20). The van der Waals surface area contributed by atoms with Crippen molar-refractivity contribution in [1.29, 1.82) is 0 Å². The van der Waals surface area contributed by atoms with Gasteiger partial charge in [-0.2, -0.15) is 0 Å². The molecule has 4 nitrogen and oxygen atoms in total. The zero-order valence-electron chi connectivity index (χ0n) is 11.9. The maximum atomic E-state index is 12.3. The van der Waals surface area contributed by atoms with E-state index >= 15 is 0 Å². The van der Waals surface area contributed by atoms with Crippen LogP contribution in [0, 0.1) is 5.92 Å². The number of hydrogen-bond acceptors (Lipinski definition) is 2. The van der Waals surface area contributed by atoms with E-state index in [0.29, 0.717) is 17.5 Å². The van der Waals surface area contributed by atoms with Gasteiger partial charge in [0.05, 0.1) is 0 Å². The van der Waals surface area contributed by atoms with Crippen LogP contribution in [0.5, 0.6) is 0 Å². The number of anilines is 1. The monoisotopic (exact) mass is 295 g/mol. The molecule has 2 rings (SSSR count). The molecule has 0 aromatic heterocycles. The Morgan fingerprint density at radius 3 is 3.05 bits per heavy atom. The Hall–Kier alpha value is -1.26. The fourth-order valence-electron chi connectivity index (χ4n) is 2.52. The molecule has 20 heavy (non-hydrogen) atoms. The Balaban J connectivity index is 1.91. The highest BCUT2D eigenvalue weighted by Gasteiger charge is 2.19. The number of amides is 2. The molecule has 1 aromatic rings. The molecule has 1 atom stereocenters. The number of hydrogen-bond donors (Lipinski definition) is 2. The molecule has 1 aliphatic heterocycles. The molecule has 1 heterocycles. The van der Waals surface area contributed by atoms with Gasteiger partial charge in [-0.3, -0.25) is 0 Å². The largest absolute Gasteiger partial charge is 0.324 e. The lowest BCUT2D eigenvalue weighted by molar-refractivity contribution is 0.197. The first kappa shape index (κ1) is 15.1. The van der Waals surface area contributed by atoms with Gasteiger partial charge in [0.2, 0.25) is 0 Å². The van der Waals surface area contributed by atoms with Crippen LogP contribution in [0.25, 0.3) is 0 Å². The SMILES string of the molecule is CCN(CC1CCCNC1)C(=O)Nc1cccc(Cl)c1. The number of nitrogens with one attached hydrogen (secondary N) is 2. The van der Waals surface area contributed by atoms with E-state index in [9.17, 15) is 4.79 Å². The van der Waals surface area contributed by atoms with Crippen LogP contribution in [-0.2, 0) is 0 Å². The second-order valence-electron chi connectivity index (χ2n) is 5.19. The van der Waals surface area contributed by atoms with Crippen molar-refractivity contribution < 1.29 is 4.79 Å². The van der Waals surface area contributed by atoms with Gasteiger partial charge < -0.3 is 15.5 Å². The molecule has 0 aliphatic carbocycles.